The lowest BCUT2D eigenvalue weighted by atomic mass is 9.96. The third-order valence-corrected chi connectivity index (χ3v) is 5.52. The minimum absolute atomic E-state index is 0.0379. The molecule has 0 aromatic heterocycles. The first-order chi connectivity index (χ1) is 12.6. The standard InChI is InChI=1S/C21H27N3OS/c1-3-23(4-2)20(25)17-11-8-14-24(15-17)21(26)22-19-13-7-10-16-9-5-6-12-18(16)19/h5-7,9-10,12-13,17H,3-4,8,11,14-15H2,1-2H3,(H,22,26)/t17-/m1/s1. The topological polar surface area (TPSA) is 35.6 Å². The molecule has 5 heteroatoms. The van der Waals surface area contributed by atoms with Crippen LogP contribution in [0, 0.1) is 5.92 Å². The van der Waals surface area contributed by atoms with Crippen molar-refractivity contribution in [1.29, 1.82) is 0 Å². The maximum Gasteiger partial charge on any atom is 0.227 e. The SMILES string of the molecule is CCN(CC)C(=O)[C@@H]1CCCN(C(=S)Nc2cccc3ccccc23)C1. The largest absolute Gasteiger partial charge is 0.348 e. The molecule has 1 aliphatic heterocycles. The third-order valence-electron chi connectivity index (χ3n) is 5.16. The number of nitrogens with one attached hydrogen (secondary N) is 1. The summed E-state index contributed by atoms with van der Waals surface area (Å²) >= 11 is 5.67. The highest BCUT2D eigenvalue weighted by atomic mass is 32.1. The number of thiocarbonyl (C=S) groups is 1. The van der Waals surface area contributed by atoms with Crippen molar-refractivity contribution < 1.29 is 4.79 Å². The first-order valence-corrected chi connectivity index (χ1v) is 9.87. The van der Waals surface area contributed by atoms with Gasteiger partial charge in [-0.1, -0.05) is 36.4 Å². The van der Waals surface area contributed by atoms with Gasteiger partial charge in [0.05, 0.1) is 5.92 Å². The summed E-state index contributed by atoms with van der Waals surface area (Å²) in [5, 5.41) is 6.46. The van der Waals surface area contributed by atoms with Crippen molar-refractivity contribution >= 4 is 39.7 Å². The molecule has 1 fully saturated rings. The van der Waals surface area contributed by atoms with Gasteiger partial charge in [-0.05, 0) is 50.4 Å². The number of carbonyl (C=O) groups excluding carboxylic acids is 1. The first-order valence-electron chi connectivity index (χ1n) is 9.46. The third kappa shape index (κ3) is 3.98. The van der Waals surface area contributed by atoms with Crippen LogP contribution in [0.1, 0.15) is 26.7 Å². The van der Waals surface area contributed by atoms with Crippen molar-refractivity contribution in [3.63, 3.8) is 0 Å². The van der Waals surface area contributed by atoms with Crippen molar-refractivity contribution in [2.24, 2.45) is 5.92 Å². The molecule has 1 amide bonds. The van der Waals surface area contributed by atoms with E-state index in [0.717, 1.165) is 43.5 Å². The molecule has 26 heavy (non-hydrogen) atoms. The number of hydrogen-bond acceptors (Lipinski definition) is 2. The molecule has 1 saturated heterocycles. The lowest BCUT2D eigenvalue weighted by Gasteiger charge is -2.36. The Morgan fingerprint density at radius 1 is 1.19 bits per heavy atom. The molecule has 3 rings (SSSR count). The maximum absolute atomic E-state index is 12.7. The number of hydrogen-bond donors (Lipinski definition) is 1. The average molecular weight is 370 g/mol. The molecule has 0 unspecified atom stereocenters. The van der Waals surface area contributed by atoms with Crippen molar-refractivity contribution in [2.75, 3.05) is 31.5 Å². The quantitative estimate of drug-likeness (QED) is 0.823. The number of amides is 1. The fourth-order valence-corrected chi connectivity index (χ4v) is 3.96. The zero-order valence-electron chi connectivity index (χ0n) is 15.6. The fourth-order valence-electron chi connectivity index (χ4n) is 3.69. The van der Waals surface area contributed by atoms with Crippen molar-refractivity contribution in [2.45, 2.75) is 26.7 Å². The Labute approximate surface area is 161 Å². The number of nitrogens with zero attached hydrogens (tertiary/aromatic N) is 2. The summed E-state index contributed by atoms with van der Waals surface area (Å²) < 4.78 is 0. The van der Waals surface area contributed by atoms with Crippen LogP contribution in [0.4, 0.5) is 5.69 Å². The minimum Gasteiger partial charge on any atom is -0.348 e. The van der Waals surface area contributed by atoms with Gasteiger partial charge in [-0.2, -0.15) is 0 Å². The van der Waals surface area contributed by atoms with Crippen molar-refractivity contribution in [3.05, 3.63) is 42.5 Å². The van der Waals surface area contributed by atoms with Gasteiger partial charge in [0.25, 0.3) is 0 Å². The van der Waals surface area contributed by atoms with Gasteiger partial charge in [0.1, 0.15) is 0 Å². The van der Waals surface area contributed by atoms with E-state index < -0.39 is 0 Å². The van der Waals surface area contributed by atoms with E-state index in [1.54, 1.807) is 0 Å². The normalized spacial score (nSPS) is 17.2. The second-order valence-electron chi connectivity index (χ2n) is 6.75. The van der Waals surface area contributed by atoms with Crippen LogP contribution >= 0.6 is 12.2 Å². The van der Waals surface area contributed by atoms with E-state index in [0.29, 0.717) is 11.7 Å². The highest BCUT2D eigenvalue weighted by molar-refractivity contribution is 7.80. The number of fused-ring (bicyclic) bond motifs is 1. The number of piperidine rings is 1. The molecule has 1 atom stereocenters. The van der Waals surface area contributed by atoms with Crippen LogP contribution < -0.4 is 5.32 Å². The monoisotopic (exact) mass is 369 g/mol. The molecule has 1 heterocycles. The van der Waals surface area contributed by atoms with Gasteiger partial charge in [-0.15, -0.1) is 0 Å². The predicted molar refractivity (Wildman–Crippen MR) is 112 cm³/mol. The molecular weight excluding hydrogens is 342 g/mol. The minimum atomic E-state index is 0.0379. The highest BCUT2D eigenvalue weighted by Gasteiger charge is 2.29. The van der Waals surface area contributed by atoms with Crippen LogP contribution in [0.3, 0.4) is 0 Å². The predicted octanol–water partition coefficient (Wildman–Crippen LogP) is 4.12. The maximum atomic E-state index is 12.7. The van der Waals surface area contributed by atoms with Crippen LogP contribution in [-0.4, -0.2) is 47.0 Å². The second-order valence-corrected chi connectivity index (χ2v) is 7.14. The van der Waals surface area contributed by atoms with E-state index >= 15 is 0 Å². The molecule has 1 aliphatic rings. The second kappa shape index (κ2) is 8.49. The lowest BCUT2D eigenvalue weighted by molar-refractivity contribution is -0.136. The number of rotatable bonds is 4. The summed E-state index contributed by atoms with van der Waals surface area (Å²) in [6.45, 7) is 7.21. The van der Waals surface area contributed by atoms with Gasteiger partial charge in [0.15, 0.2) is 5.11 Å². The van der Waals surface area contributed by atoms with Crippen molar-refractivity contribution in [3.8, 4) is 0 Å². The van der Waals surface area contributed by atoms with Crippen LogP contribution in [0.5, 0.6) is 0 Å². The number of carbonyl (C=O) groups is 1. The van der Waals surface area contributed by atoms with Gasteiger partial charge in [0, 0.05) is 37.3 Å². The van der Waals surface area contributed by atoms with E-state index in [9.17, 15) is 4.79 Å². The molecule has 0 saturated carbocycles. The first kappa shape index (κ1) is 18.6. The number of likely N-dealkylation sites (tertiary alicyclic amines) is 1. The highest BCUT2D eigenvalue weighted by Crippen LogP contribution is 2.25. The Morgan fingerprint density at radius 3 is 2.69 bits per heavy atom. The Morgan fingerprint density at radius 2 is 1.92 bits per heavy atom. The van der Waals surface area contributed by atoms with Gasteiger partial charge in [-0.3, -0.25) is 4.79 Å². The average Bonchev–Trinajstić information content (AvgIpc) is 2.69. The van der Waals surface area contributed by atoms with Gasteiger partial charge in [-0.25, -0.2) is 0 Å². The molecule has 0 radical (unpaired) electrons. The molecule has 2 aromatic rings. The smallest absolute Gasteiger partial charge is 0.227 e. The zero-order valence-corrected chi connectivity index (χ0v) is 16.4. The molecule has 0 spiro atoms. The molecule has 138 valence electrons. The van der Waals surface area contributed by atoms with Crippen LogP contribution in [0.25, 0.3) is 10.8 Å². The molecular formula is C21H27N3OS. The number of benzene rings is 2. The Kier molecular flexibility index (Phi) is 6.09. The van der Waals surface area contributed by atoms with E-state index in [2.05, 4.69) is 34.5 Å². The Bertz CT molecular complexity index is 782. The van der Waals surface area contributed by atoms with Crippen LogP contribution in [-0.2, 0) is 4.79 Å². The zero-order chi connectivity index (χ0) is 18.5. The summed E-state index contributed by atoms with van der Waals surface area (Å²) in [6.07, 6.45) is 1.94. The summed E-state index contributed by atoms with van der Waals surface area (Å²) in [5.74, 6) is 0.295. The van der Waals surface area contributed by atoms with E-state index in [1.807, 2.05) is 36.9 Å². The summed E-state index contributed by atoms with van der Waals surface area (Å²) in [7, 11) is 0. The summed E-state index contributed by atoms with van der Waals surface area (Å²) in [6, 6.07) is 14.5. The molecule has 1 N–H and O–H groups in total. The van der Waals surface area contributed by atoms with Crippen LogP contribution in [0.2, 0.25) is 0 Å². The van der Waals surface area contributed by atoms with Crippen LogP contribution in [0.15, 0.2) is 42.5 Å². The molecule has 2 aromatic carbocycles. The van der Waals surface area contributed by atoms with Crippen molar-refractivity contribution in [1.82, 2.24) is 9.80 Å². The summed E-state index contributed by atoms with van der Waals surface area (Å²) in [5.41, 5.74) is 1.02. The Balaban J connectivity index is 1.70. The van der Waals surface area contributed by atoms with E-state index in [4.69, 9.17) is 12.2 Å². The summed E-state index contributed by atoms with van der Waals surface area (Å²) in [4.78, 5) is 16.8. The van der Waals surface area contributed by atoms with Gasteiger partial charge >= 0.3 is 0 Å². The molecule has 0 aliphatic carbocycles. The van der Waals surface area contributed by atoms with Gasteiger partial charge < -0.3 is 15.1 Å². The lowest BCUT2D eigenvalue weighted by Crippen LogP contribution is -2.47. The number of anilines is 1. The van der Waals surface area contributed by atoms with E-state index in [-0.39, 0.29) is 11.8 Å². The fraction of sp³-hybridized carbons (Fsp3) is 0.429. The van der Waals surface area contributed by atoms with E-state index in [1.165, 1.54) is 5.39 Å². The molecule has 4 nitrogen and oxygen atoms in total. The molecule has 0 bridgehead atoms. The van der Waals surface area contributed by atoms with Gasteiger partial charge in [0.2, 0.25) is 5.91 Å². The Hall–Kier alpha value is -2.14.